The highest BCUT2D eigenvalue weighted by Crippen LogP contribution is 2.37. The molecule has 0 fully saturated rings. The van der Waals surface area contributed by atoms with Crippen molar-refractivity contribution in [2.75, 3.05) is 7.05 Å². The molecule has 0 spiro atoms. The molecule has 2 atom stereocenters. The van der Waals surface area contributed by atoms with Gasteiger partial charge < -0.3 is 4.74 Å². The first-order chi connectivity index (χ1) is 14.1. The highest BCUT2D eigenvalue weighted by molar-refractivity contribution is 5.89. The van der Waals surface area contributed by atoms with Gasteiger partial charge in [-0.3, -0.25) is 4.90 Å². The molecule has 30 heavy (non-hydrogen) atoms. The number of ether oxygens (including phenoxy) is 1. The molecule has 160 valence electrons. The van der Waals surface area contributed by atoms with Crippen LogP contribution in [0.4, 0.5) is 0 Å². The molecular weight excluding hydrogens is 366 g/mol. The fourth-order valence-corrected chi connectivity index (χ4v) is 4.63. The summed E-state index contributed by atoms with van der Waals surface area (Å²) < 4.78 is 6.58. The number of nitrogens with zero attached hydrogens (tertiary/aromatic N) is 1. The number of hydrogen-bond donors (Lipinski definition) is 0. The molecule has 0 amide bonds. The molecule has 0 bridgehead atoms. The molecule has 0 N–H and O–H groups in total. The van der Waals surface area contributed by atoms with E-state index in [0.29, 0.717) is 6.04 Å². The van der Waals surface area contributed by atoms with Gasteiger partial charge in [-0.05, 0) is 95.3 Å². The second-order valence-electron chi connectivity index (χ2n) is 9.34. The van der Waals surface area contributed by atoms with Crippen molar-refractivity contribution in [1.29, 1.82) is 0 Å². The van der Waals surface area contributed by atoms with Crippen LogP contribution in [0.15, 0.2) is 54.6 Å². The Hall–Kier alpha value is -2.32. The number of benzene rings is 3. The van der Waals surface area contributed by atoms with Crippen molar-refractivity contribution < 1.29 is 4.74 Å². The number of fused-ring (bicyclic) bond motifs is 1. The van der Waals surface area contributed by atoms with Crippen LogP contribution < -0.4 is 4.74 Å². The van der Waals surface area contributed by atoms with E-state index in [1.54, 1.807) is 0 Å². The topological polar surface area (TPSA) is 12.5 Å². The van der Waals surface area contributed by atoms with E-state index in [-0.39, 0.29) is 11.6 Å². The second-order valence-corrected chi connectivity index (χ2v) is 9.34. The van der Waals surface area contributed by atoms with Crippen LogP contribution in [-0.4, -0.2) is 24.1 Å². The average Bonchev–Trinajstić information content (AvgIpc) is 2.69. The van der Waals surface area contributed by atoms with Gasteiger partial charge in [0.15, 0.2) is 0 Å². The Morgan fingerprint density at radius 3 is 2.20 bits per heavy atom. The minimum atomic E-state index is -0.115. The molecule has 2 nitrogen and oxygen atoms in total. The molecule has 0 saturated heterocycles. The molecule has 3 aromatic carbocycles. The predicted molar refractivity (Wildman–Crippen MR) is 130 cm³/mol. The summed E-state index contributed by atoms with van der Waals surface area (Å²) in [6.45, 7) is 15.6. The van der Waals surface area contributed by atoms with Gasteiger partial charge in [-0.2, -0.15) is 0 Å². The van der Waals surface area contributed by atoms with Gasteiger partial charge in [0.25, 0.3) is 0 Å². The molecule has 3 rings (SSSR count). The fraction of sp³-hybridized carbons (Fsp3) is 0.429. The van der Waals surface area contributed by atoms with Crippen molar-refractivity contribution in [2.45, 2.75) is 72.6 Å². The zero-order valence-corrected chi connectivity index (χ0v) is 19.9. The quantitative estimate of drug-likeness (QED) is 0.414. The first-order valence-corrected chi connectivity index (χ1v) is 11.1. The van der Waals surface area contributed by atoms with Crippen LogP contribution in [0.2, 0.25) is 0 Å². The van der Waals surface area contributed by atoms with Crippen LogP contribution in [0, 0.1) is 20.8 Å². The van der Waals surface area contributed by atoms with E-state index >= 15 is 0 Å². The highest BCUT2D eigenvalue weighted by atomic mass is 16.5. The standard InChI is InChI=1S/C28H37NO/c1-19(2)29(8)28(7,26-14-10-9-12-20(26)3)18-23(6)30-27-15-11-13-24-16-21(4)22(5)17-25(24)27/h9-17,19,23H,18H2,1-8H3/t23?,28-/m0/s1. The first-order valence-electron chi connectivity index (χ1n) is 11.1. The van der Waals surface area contributed by atoms with Gasteiger partial charge >= 0.3 is 0 Å². The van der Waals surface area contributed by atoms with Gasteiger partial charge in [-0.1, -0.05) is 42.5 Å². The molecule has 0 aliphatic rings. The van der Waals surface area contributed by atoms with Gasteiger partial charge in [-0.25, -0.2) is 0 Å². The third-order valence-corrected chi connectivity index (χ3v) is 6.75. The summed E-state index contributed by atoms with van der Waals surface area (Å²) >= 11 is 0. The van der Waals surface area contributed by atoms with E-state index in [9.17, 15) is 0 Å². The van der Waals surface area contributed by atoms with Crippen molar-refractivity contribution in [1.82, 2.24) is 4.90 Å². The molecule has 0 aliphatic heterocycles. The van der Waals surface area contributed by atoms with Crippen LogP contribution in [0.5, 0.6) is 5.75 Å². The maximum absolute atomic E-state index is 6.58. The monoisotopic (exact) mass is 403 g/mol. The number of rotatable bonds is 7. The maximum Gasteiger partial charge on any atom is 0.127 e. The molecule has 1 unspecified atom stereocenters. The summed E-state index contributed by atoms with van der Waals surface area (Å²) in [5.41, 5.74) is 5.21. The van der Waals surface area contributed by atoms with Crippen molar-refractivity contribution in [2.24, 2.45) is 0 Å². The van der Waals surface area contributed by atoms with Gasteiger partial charge in [0, 0.05) is 23.4 Å². The number of hydrogen-bond acceptors (Lipinski definition) is 2. The summed E-state index contributed by atoms with van der Waals surface area (Å²) in [6.07, 6.45) is 0.983. The maximum atomic E-state index is 6.58. The summed E-state index contributed by atoms with van der Waals surface area (Å²) in [7, 11) is 2.23. The molecule has 0 heterocycles. The van der Waals surface area contributed by atoms with Gasteiger partial charge in [0.2, 0.25) is 0 Å². The summed E-state index contributed by atoms with van der Waals surface area (Å²) in [4.78, 5) is 2.48. The molecule has 0 saturated carbocycles. The Balaban J connectivity index is 1.94. The Morgan fingerprint density at radius 2 is 1.53 bits per heavy atom. The largest absolute Gasteiger partial charge is 0.490 e. The molecule has 0 aliphatic carbocycles. The summed E-state index contributed by atoms with van der Waals surface area (Å²) in [5.74, 6) is 0.974. The van der Waals surface area contributed by atoms with E-state index in [4.69, 9.17) is 4.74 Å². The smallest absolute Gasteiger partial charge is 0.127 e. The first kappa shape index (κ1) is 22.4. The van der Waals surface area contributed by atoms with Crippen molar-refractivity contribution in [3.05, 3.63) is 76.9 Å². The molecule has 0 aromatic heterocycles. The molecule has 0 radical (unpaired) electrons. The minimum absolute atomic E-state index is 0.0722. The fourth-order valence-electron chi connectivity index (χ4n) is 4.63. The average molecular weight is 404 g/mol. The van der Waals surface area contributed by atoms with Crippen LogP contribution >= 0.6 is 0 Å². The summed E-state index contributed by atoms with van der Waals surface area (Å²) in [6, 6.07) is 20.1. The van der Waals surface area contributed by atoms with E-state index in [1.165, 1.54) is 33.0 Å². The number of aryl methyl sites for hydroxylation is 3. The SMILES string of the molecule is Cc1cc2cccc(OC(C)C[C@@](C)(c3ccccc3C)N(C)C(C)C)c2cc1C. The molecular formula is C28H37NO. The predicted octanol–water partition coefficient (Wildman–Crippen LogP) is 7.18. The lowest BCUT2D eigenvalue weighted by Gasteiger charge is -2.44. The normalized spacial score (nSPS) is 14.9. The minimum Gasteiger partial charge on any atom is -0.490 e. The van der Waals surface area contributed by atoms with Crippen molar-refractivity contribution >= 4 is 10.8 Å². The van der Waals surface area contributed by atoms with Crippen LogP contribution in [-0.2, 0) is 5.54 Å². The zero-order chi connectivity index (χ0) is 22.1. The van der Waals surface area contributed by atoms with E-state index < -0.39 is 0 Å². The van der Waals surface area contributed by atoms with Gasteiger partial charge in [0.05, 0.1) is 6.10 Å². The third-order valence-electron chi connectivity index (χ3n) is 6.75. The zero-order valence-electron chi connectivity index (χ0n) is 19.9. The third kappa shape index (κ3) is 4.39. The van der Waals surface area contributed by atoms with Crippen LogP contribution in [0.1, 0.15) is 56.4 Å². The second kappa shape index (κ2) is 8.81. The molecule has 3 aromatic rings. The lowest BCUT2D eigenvalue weighted by atomic mass is 9.82. The van der Waals surface area contributed by atoms with E-state index in [0.717, 1.165) is 12.2 Å². The van der Waals surface area contributed by atoms with Gasteiger partial charge in [-0.15, -0.1) is 0 Å². The van der Waals surface area contributed by atoms with Crippen LogP contribution in [0.25, 0.3) is 10.8 Å². The lowest BCUT2D eigenvalue weighted by Crippen LogP contribution is -2.47. The van der Waals surface area contributed by atoms with E-state index in [1.807, 2.05) is 0 Å². The Kier molecular flexibility index (Phi) is 6.57. The van der Waals surface area contributed by atoms with Gasteiger partial charge in [0.1, 0.15) is 5.75 Å². The lowest BCUT2D eigenvalue weighted by molar-refractivity contribution is 0.0513. The van der Waals surface area contributed by atoms with E-state index in [2.05, 4.69) is 115 Å². The Bertz CT molecular complexity index is 1020. The highest BCUT2D eigenvalue weighted by Gasteiger charge is 2.36. The van der Waals surface area contributed by atoms with Crippen molar-refractivity contribution in [3.63, 3.8) is 0 Å². The molecule has 2 heteroatoms. The summed E-state index contributed by atoms with van der Waals surface area (Å²) in [5, 5.41) is 2.44. The van der Waals surface area contributed by atoms with Crippen molar-refractivity contribution in [3.8, 4) is 5.75 Å². The Labute approximate surface area is 182 Å². The Morgan fingerprint density at radius 1 is 0.867 bits per heavy atom. The van der Waals surface area contributed by atoms with Crippen LogP contribution in [0.3, 0.4) is 0 Å².